The van der Waals surface area contributed by atoms with Gasteiger partial charge in [0.2, 0.25) is 5.91 Å². The molecule has 1 N–H and O–H groups in total. The number of aromatic nitrogens is 2. The fraction of sp³-hybridized carbons (Fsp3) is 0.105. The summed E-state index contributed by atoms with van der Waals surface area (Å²) in [6.45, 7) is 0. The second-order valence-electron chi connectivity index (χ2n) is 5.45. The van der Waals surface area contributed by atoms with E-state index in [-0.39, 0.29) is 11.7 Å². The Morgan fingerprint density at radius 2 is 1.81 bits per heavy atom. The van der Waals surface area contributed by atoms with Crippen LogP contribution in [0.15, 0.2) is 59.6 Å². The van der Waals surface area contributed by atoms with E-state index in [2.05, 4.69) is 15.5 Å². The van der Waals surface area contributed by atoms with Crippen LogP contribution >= 0.6 is 35.0 Å². The third-order valence-corrected chi connectivity index (χ3v) is 5.24. The molecule has 8 heteroatoms. The lowest BCUT2D eigenvalue weighted by atomic mass is 10.1. The van der Waals surface area contributed by atoms with Crippen LogP contribution in [-0.2, 0) is 4.79 Å². The molecule has 0 aliphatic heterocycles. The number of ether oxygens (including phenoxy) is 1. The van der Waals surface area contributed by atoms with Gasteiger partial charge in [0, 0.05) is 11.3 Å². The Labute approximate surface area is 171 Å². The molecule has 5 nitrogen and oxygen atoms in total. The fourth-order valence-electron chi connectivity index (χ4n) is 2.22. The van der Waals surface area contributed by atoms with Crippen LogP contribution in [0.4, 0.5) is 5.69 Å². The highest BCUT2D eigenvalue weighted by Crippen LogP contribution is 2.26. The lowest BCUT2D eigenvalue weighted by molar-refractivity contribution is -0.113. The molecule has 0 spiro atoms. The molecule has 0 saturated carbocycles. The number of nitrogens with one attached hydrogen (secondary N) is 1. The third-order valence-electron chi connectivity index (χ3n) is 3.58. The number of hydrogen-bond donors (Lipinski definition) is 1. The van der Waals surface area contributed by atoms with Gasteiger partial charge in [-0.05, 0) is 54.6 Å². The highest BCUT2D eigenvalue weighted by atomic mass is 35.5. The molecule has 1 aromatic heterocycles. The quantitative estimate of drug-likeness (QED) is 0.556. The molecule has 0 bridgehead atoms. The number of nitrogens with zero attached hydrogens (tertiary/aromatic N) is 2. The summed E-state index contributed by atoms with van der Waals surface area (Å²) in [7, 11) is 1.62. The molecule has 2 aromatic carbocycles. The van der Waals surface area contributed by atoms with Gasteiger partial charge in [0.1, 0.15) is 10.8 Å². The van der Waals surface area contributed by atoms with Gasteiger partial charge in [0.15, 0.2) is 0 Å². The van der Waals surface area contributed by atoms with Gasteiger partial charge in [-0.1, -0.05) is 35.0 Å². The van der Waals surface area contributed by atoms with Gasteiger partial charge >= 0.3 is 0 Å². The van der Waals surface area contributed by atoms with Gasteiger partial charge in [-0.25, -0.2) is 0 Å². The van der Waals surface area contributed by atoms with Crippen LogP contribution in [0.3, 0.4) is 0 Å². The first-order valence-corrected chi connectivity index (χ1v) is 9.65. The van der Waals surface area contributed by atoms with Crippen molar-refractivity contribution in [3.05, 3.63) is 64.6 Å². The average Bonchev–Trinajstić information content (AvgIpc) is 2.70. The monoisotopic (exact) mass is 419 g/mol. The largest absolute Gasteiger partial charge is 0.497 e. The van der Waals surface area contributed by atoms with Crippen LogP contribution in [0.25, 0.3) is 11.3 Å². The van der Waals surface area contributed by atoms with Crippen molar-refractivity contribution in [1.82, 2.24) is 10.2 Å². The predicted octanol–water partition coefficient (Wildman–Crippen LogP) is 5.19. The van der Waals surface area contributed by atoms with E-state index in [1.807, 2.05) is 36.4 Å². The fourth-order valence-corrected chi connectivity index (χ4v) is 3.14. The van der Waals surface area contributed by atoms with E-state index in [0.29, 0.717) is 20.8 Å². The maximum absolute atomic E-state index is 12.1. The van der Waals surface area contributed by atoms with Crippen molar-refractivity contribution in [1.29, 1.82) is 0 Å². The Morgan fingerprint density at radius 1 is 1.04 bits per heavy atom. The second kappa shape index (κ2) is 9.08. The molecule has 0 aliphatic rings. The molecular weight excluding hydrogens is 405 g/mol. The zero-order valence-corrected chi connectivity index (χ0v) is 16.6. The Balaban J connectivity index is 1.56. The van der Waals surface area contributed by atoms with Crippen molar-refractivity contribution in [3.63, 3.8) is 0 Å². The van der Waals surface area contributed by atoms with E-state index in [4.69, 9.17) is 27.9 Å². The Bertz CT molecular complexity index is 935. The summed E-state index contributed by atoms with van der Waals surface area (Å²) >= 11 is 13.1. The molecule has 0 aliphatic carbocycles. The van der Waals surface area contributed by atoms with E-state index < -0.39 is 0 Å². The summed E-state index contributed by atoms with van der Waals surface area (Å²) in [4.78, 5) is 12.1. The Morgan fingerprint density at radius 3 is 2.44 bits per heavy atom. The normalized spacial score (nSPS) is 10.5. The number of benzene rings is 2. The number of thioether (sulfide) groups is 1. The molecular formula is C19H15Cl2N3O2S. The van der Waals surface area contributed by atoms with Crippen LogP contribution in [0.5, 0.6) is 5.75 Å². The molecule has 0 fully saturated rings. The summed E-state index contributed by atoms with van der Waals surface area (Å²) in [5, 5.41) is 12.6. The van der Waals surface area contributed by atoms with Gasteiger partial charge in [-0.15, -0.1) is 10.2 Å². The standard InChI is InChI=1S/C19H15Cl2N3O2S/c1-26-14-5-2-12(3-6-14)17-8-9-19(24-23-17)27-11-18(25)22-13-4-7-15(20)16(21)10-13/h2-10H,11H2,1H3,(H,22,25). The topological polar surface area (TPSA) is 64.1 Å². The lowest BCUT2D eigenvalue weighted by Gasteiger charge is -2.06. The van der Waals surface area contributed by atoms with Gasteiger partial charge in [-0.3, -0.25) is 4.79 Å². The minimum absolute atomic E-state index is 0.167. The first-order valence-electron chi connectivity index (χ1n) is 7.91. The first kappa shape index (κ1) is 19.5. The van der Waals surface area contributed by atoms with E-state index in [9.17, 15) is 4.79 Å². The number of carbonyl (C=O) groups excluding carboxylic acids is 1. The summed E-state index contributed by atoms with van der Waals surface area (Å²) in [5.41, 5.74) is 2.29. The number of carbonyl (C=O) groups is 1. The third kappa shape index (κ3) is 5.35. The highest BCUT2D eigenvalue weighted by Gasteiger charge is 2.07. The Kier molecular flexibility index (Phi) is 6.55. The molecule has 0 unspecified atom stereocenters. The minimum atomic E-state index is -0.167. The van der Waals surface area contributed by atoms with Crippen molar-refractivity contribution in [3.8, 4) is 17.0 Å². The first-order chi connectivity index (χ1) is 13.0. The molecule has 27 heavy (non-hydrogen) atoms. The lowest BCUT2D eigenvalue weighted by Crippen LogP contribution is -2.14. The minimum Gasteiger partial charge on any atom is -0.497 e. The molecule has 1 amide bonds. The van der Waals surface area contributed by atoms with Crippen LogP contribution < -0.4 is 10.1 Å². The number of methoxy groups -OCH3 is 1. The summed E-state index contributed by atoms with van der Waals surface area (Å²) < 4.78 is 5.14. The van der Waals surface area contributed by atoms with Crippen molar-refractivity contribution in [2.24, 2.45) is 0 Å². The molecule has 138 valence electrons. The average molecular weight is 420 g/mol. The van der Waals surface area contributed by atoms with Crippen molar-refractivity contribution >= 4 is 46.6 Å². The van der Waals surface area contributed by atoms with Crippen LogP contribution in [0.2, 0.25) is 10.0 Å². The predicted molar refractivity (Wildman–Crippen MR) is 110 cm³/mol. The van der Waals surface area contributed by atoms with Crippen molar-refractivity contribution < 1.29 is 9.53 Å². The molecule has 1 heterocycles. The van der Waals surface area contributed by atoms with E-state index in [0.717, 1.165) is 17.0 Å². The number of hydrogen-bond acceptors (Lipinski definition) is 5. The van der Waals surface area contributed by atoms with E-state index in [1.54, 1.807) is 25.3 Å². The Hall–Kier alpha value is -2.28. The maximum Gasteiger partial charge on any atom is 0.234 e. The SMILES string of the molecule is COc1ccc(-c2ccc(SCC(=O)Nc3ccc(Cl)c(Cl)c3)nn2)cc1. The molecule has 0 saturated heterocycles. The zero-order valence-electron chi connectivity index (χ0n) is 14.3. The zero-order chi connectivity index (χ0) is 19.2. The highest BCUT2D eigenvalue weighted by molar-refractivity contribution is 7.99. The summed E-state index contributed by atoms with van der Waals surface area (Å²) in [6, 6.07) is 16.2. The number of halogens is 2. The van der Waals surface area contributed by atoms with Gasteiger partial charge < -0.3 is 10.1 Å². The van der Waals surface area contributed by atoms with Crippen LogP contribution in [0, 0.1) is 0 Å². The number of rotatable bonds is 6. The van der Waals surface area contributed by atoms with E-state index >= 15 is 0 Å². The summed E-state index contributed by atoms with van der Waals surface area (Å²) in [6.07, 6.45) is 0. The van der Waals surface area contributed by atoms with Crippen LogP contribution in [-0.4, -0.2) is 29.0 Å². The molecule has 0 radical (unpaired) electrons. The van der Waals surface area contributed by atoms with Crippen LogP contribution in [0.1, 0.15) is 0 Å². The molecule has 0 atom stereocenters. The summed E-state index contributed by atoms with van der Waals surface area (Å²) in [5.74, 6) is 0.822. The van der Waals surface area contributed by atoms with Gasteiger partial charge in [0.05, 0.1) is 28.6 Å². The van der Waals surface area contributed by atoms with Crippen molar-refractivity contribution in [2.75, 3.05) is 18.2 Å². The van der Waals surface area contributed by atoms with Crippen molar-refractivity contribution in [2.45, 2.75) is 5.03 Å². The van der Waals surface area contributed by atoms with Gasteiger partial charge in [-0.2, -0.15) is 0 Å². The molecule has 3 aromatic rings. The van der Waals surface area contributed by atoms with Gasteiger partial charge in [0.25, 0.3) is 0 Å². The smallest absolute Gasteiger partial charge is 0.234 e. The van der Waals surface area contributed by atoms with E-state index in [1.165, 1.54) is 11.8 Å². The second-order valence-corrected chi connectivity index (χ2v) is 7.26. The molecule has 3 rings (SSSR count). The number of anilines is 1. The number of amides is 1. The maximum atomic E-state index is 12.1.